The number of aliphatic hydroxyl groups is 4. The topological polar surface area (TPSA) is 135 Å². The number of aliphatic hydroxyl groups excluding tert-OH is 4. The number of ether oxygens (including phenoxy) is 4. The Hall–Kier alpha value is -1.85. The molecule has 6 unspecified atom stereocenters. The van der Waals surface area contributed by atoms with Crippen molar-refractivity contribution in [3.8, 4) is 0 Å². The van der Waals surface area contributed by atoms with E-state index in [1.807, 2.05) is 0 Å². The van der Waals surface area contributed by atoms with Crippen LogP contribution in [0.4, 0.5) is 0 Å². The first-order valence-corrected chi connectivity index (χ1v) is 23.7. The molecule has 9 nitrogen and oxygen atoms in total. The predicted molar refractivity (Wildman–Crippen MR) is 238 cm³/mol. The summed E-state index contributed by atoms with van der Waals surface area (Å²) < 4.78 is 22.8. The Labute approximate surface area is 354 Å². The van der Waals surface area contributed by atoms with E-state index < -0.39 is 43.4 Å². The number of unbranched alkanes of at least 4 members (excludes halogenated alkanes) is 21. The van der Waals surface area contributed by atoms with Crippen LogP contribution in [0.3, 0.4) is 0 Å². The van der Waals surface area contributed by atoms with Gasteiger partial charge in [0.1, 0.15) is 30.5 Å². The van der Waals surface area contributed by atoms with Crippen molar-refractivity contribution in [2.45, 2.75) is 230 Å². The molecule has 1 fully saturated rings. The van der Waals surface area contributed by atoms with Gasteiger partial charge in [0.2, 0.25) is 0 Å². The van der Waals surface area contributed by atoms with Gasteiger partial charge >= 0.3 is 5.97 Å². The van der Waals surface area contributed by atoms with E-state index in [4.69, 9.17) is 18.9 Å². The molecule has 58 heavy (non-hydrogen) atoms. The Balaban J connectivity index is 2.24. The lowest BCUT2D eigenvalue weighted by Gasteiger charge is -2.39. The van der Waals surface area contributed by atoms with Gasteiger partial charge in [0.15, 0.2) is 6.29 Å². The molecule has 1 aliphatic rings. The Morgan fingerprint density at radius 3 is 1.53 bits per heavy atom. The average molecular weight is 821 g/mol. The van der Waals surface area contributed by atoms with Crippen molar-refractivity contribution in [2.24, 2.45) is 0 Å². The van der Waals surface area contributed by atoms with E-state index in [9.17, 15) is 25.2 Å². The minimum atomic E-state index is -1.54. The lowest BCUT2D eigenvalue weighted by molar-refractivity contribution is -0.305. The molecular formula is C49H88O9. The molecule has 0 aromatic heterocycles. The molecule has 0 amide bonds. The summed E-state index contributed by atoms with van der Waals surface area (Å²) in [5, 5.41) is 40.1. The number of esters is 1. The fraction of sp³-hybridized carbons (Fsp3) is 0.816. The first kappa shape index (κ1) is 54.2. The first-order valence-electron chi connectivity index (χ1n) is 23.7. The van der Waals surface area contributed by atoms with Gasteiger partial charge in [0.05, 0.1) is 19.8 Å². The smallest absolute Gasteiger partial charge is 0.306 e. The molecule has 0 aliphatic carbocycles. The van der Waals surface area contributed by atoms with Gasteiger partial charge in [-0.25, -0.2) is 0 Å². The normalized spacial score (nSPS) is 20.7. The second kappa shape index (κ2) is 40.6. The van der Waals surface area contributed by atoms with Gasteiger partial charge in [0.25, 0.3) is 0 Å². The van der Waals surface area contributed by atoms with Crippen LogP contribution in [0, 0.1) is 0 Å². The van der Waals surface area contributed by atoms with Crippen molar-refractivity contribution in [3.63, 3.8) is 0 Å². The summed E-state index contributed by atoms with van der Waals surface area (Å²) in [6, 6.07) is 0. The van der Waals surface area contributed by atoms with E-state index in [2.05, 4.69) is 62.5 Å². The van der Waals surface area contributed by atoms with E-state index >= 15 is 0 Å². The van der Waals surface area contributed by atoms with Crippen LogP contribution in [0.15, 0.2) is 48.6 Å². The number of allylic oxidation sites excluding steroid dienone is 8. The van der Waals surface area contributed by atoms with Crippen LogP contribution in [0.1, 0.15) is 194 Å². The summed E-state index contributed by atoms with van der Waals surface area (Å²) in [6.45, 7) is 4.50. The Kier molecular flexibility index (Phi) is 37.9. The average Bonchev–Trinajstić information content (AvgIpc) is 3.22. The highest BCUT2D eigenvalue weighted by Gasteiger charge is 2.44. The molecule has 0 radical (unpaired) electrons. The van der Waals surface area contributed by atoms with Crippen LogP contribution >= 0.6 is 0 Å². The first-order chi connectivity index (χ1) is 28.4. The van der Waals surface area contributed by atoms with Crippen LogP contribution in [-0.4, -0.2) is 89.6 Å². The quantitative estimate of drug-likeness (QED) is 0.0271. The highest BCUT2D eigenvalue weighted by molar-refractivity contribution is 5.69. The number of carbonyl (C=O) groups excluding carboxylic acids is 1. The standard InChI is InChI=1S/C49H88O9/c1-3-5-7-9-11-13-15-17-18-19-20-21-22-23-24-25-27-29-31-33-35-37-39-55-41-43(42-56-49-48(54)47(53)46(52)44(40-50)58-49)57-45(51)38-36-34-32-30-28-26-16-14-12-10-8-6-4-2/h14-17,19-20,22-23,43-44,46-50,52-54H,3-13,18,21,24-42H2,1-2H3/b16-14-,17-15-,20-19-,23-22-. The molecule has 338 valence electrons. The number of hydrogen-bond acceptors (Lipinski definition) is 9. The number of rotatable bonds is 40. The summed E-state index contributed by atoms with van der Waals surface area (Å²) in [5.74, 6) is -0.327. The van der Waals surface area contributed by atoms with E-state index in [-0.39, 0.29) is 19.2 Å². The minimum absolute atomic E-state index is 0.122. The maximum Gasteiger partial charge on any atom is 0.306 e. The largest absolute Gasteiger partial charge is 0.457 e. The third-order valence-corrected chi connectivity index (χ3v) is 10.7. The third kappa shape index (κ3) is 31.1. The van der Waals surface area contributed by atoms with E-state index in [1.54, 1.807) is 0 Å². The Morgan fingerprint density at radius 2 is 1.00 bits per heavy atom. The van der Waals surface area contributed by atoms with Crippen molar-refractivity contribution < 1.29 is 44.2 Å². The molecule has 0 aromatic rings. The second-order valence-electron chi connectivity index (χ2n) is 16.2. The van der Waals surface area contributed by atoms with Gasteiger partial charge in [-0.1, -0.05) is 159 Å². The van der Waals surface area contributed by atoms with Crippen LogP contribution in [0.25, 0.3) is 0 Å². The van der Waals surface area contributed by atoms with Crippen molar-refractivity contribution in [1.82, 2.24) is 0 Å². The molecule has 1 rings (SSSR count). The lowest BCUT2D eigenvalue weighted by atomic mass is 9.99. The van der Waals surface area contributed by atoms with E-state index in [0.29, 0.717) is 13.0 Å². The fourth-order valence-corrected chi connectivity index (χ4v) is 6.96. The molecule has 0 saturated carbocycles. The van der Waals surface area contributed by atoms with E-state index in [0.717, 1.165) is 70.6 Å². The predicted octanol–water partition coefficient (Wildman–Crippen LogP) is 10.9. The summed E-state index contributed by atoms with van der Waals surface area (Å²) in [4.78, 5) is 12.8. The van der Waals surface area contributed by atoms with Crippen LogP contribution in [0.5, 0.6) is 0 Å². The monoisotopic (exact) mass is 821 g/mol. The second-order valence-corrected chi connectivity index (χ2v) is 16.2. The van der Waals surface area contributed by atoms with Crippen LogP contribution in [0.2, 0.25) is 0 Å². The molecule has 1 heterocycles. The summed E-state index contributed by atoms with van der Waals surface area (Å²) in [7, 11) is 0. The molecule has 4 N–H and O–H groups in total. The summed E-state index contributed by atoms with van der Waals surface area (Å²) in [5.41, 5.74) is 0. The molecule has 1 aliphatic heterocycles. The number of carbonyl (C=O) groups is 1. The van der Waals surface area contributed by atoms with Gasteiger partial charge in [-0.05, 0) is 77.0 Å². The summed E-state index contributed by atoms with van der Waals surface area (Å²) >= 11 is 0. The maximum atomic E-state index is 12.8. The maximum absolute atomic E-state index is 12.8. The minimum Gasteiger partial charge on any atom is -0.457 e. The van der Waals surface area contributed by atoms with Crippen molar-refractivity contribution >= 4 is 5.97 Å². The molecule has 0 spiro atoms. The lowest BCUT2D eigenvalue weighted by Crippen LogP contribution is -2.59. The highest BCUT2D eigenvalue weighted by Crippen LogP contribution is 2.22. The summed E-state index contributed by atoms with van der Waals surface area (Å²) in [6.07, 6.45) is 42.8. The molecule has 9 heteroatoms. The molecule has 1 saturated heterocycles. The Morgan fingerprint density at radius 1 is 0.552 bits per heavy atom. The van der Waals surface area contributed by atoms with Crippen molar-refractivity contribution in [1.29, 1.82) is 0 Å². The van der Waals surface area contributed by atoms with Gasteiger partial charge < -0.3 is 39.4 Å². The van der Waals surface area contributed by atoms with Gasteiger partial charge in [-0.15, -0.1) is 0 Å². The van der Waals surface area contributed by atoms with Gasteiger partial charge in [-0.3, -0.25) is 4.79 Å². The van der Waals surface area contributed by atoms with Crippen molar-refractivity contribution in [2.75, 3.05) is 26.4 Å². The SMILES string of the molecule is CCCCCC/C=C\CCCCCCCC(=O)OC(COCCCCCCCCC/C=C\C/C=C\C/C=C\CCCCCCC)COC1OC(CO)C(O)C(O)C1O. The van der Waals surface area contributed by atoms with Gasteiger partial charge in [-0.2, -0.15) is 0 Å². The van der Waals surface area contributed by atoms with Gasteiger partial charge in [0, 0.05) is 13.0 Å². The molecule has 0 aromatic carbocycles. The number of hydrogen-bond donors (Lipinski definition) is 4. The highest BCUT2D eigenvalue weighted by atomic mass is 16.7. The zero-order chi connectivity index (χ0) is 42.2. The zero-order valence-corrected chi connectivity index (χ0v) is 37.0. The van der Waals surface area contributed by atoms with Crippen LogP contribution in [-0.2, 0) is 23.7 Å². The zero-order valence-electron chi connectivity index (χ0n) is 37.0. The fourth-order valence-electron chi connectivity index (χ4n) is 6.96. The molecule has 0 bridgehead atoms. The molecular weight excluding hydrogens is 733 g/mol. The van der Waals surface area contributed by atoms with Crippen LogP contribution < -0.4 is 0 Å². The van der Waals surface area contributed by atoms with E-state index in [1.165, 1.54) is 103 Å². The molecule has 6 atom stereocenters. The Bertz CT molecular complexity index is 1030. The van der Waals surface area contributed by atoms with Crippen molar-refractivity contribution in [3.05, 3.63) is 48.6 Å². The third-order valence-electron chi connectivity index (χ3n) is 10.7.